The van der Waals surface area contributed by atoms with Gasteiger partial charge in [-0.3, -0.25) is 9.80 Å². The average molecular weight is 398 g/mol. The molecule has 0 unspecified atom stereocenters. The van der Waals surface area contributed by atoms with Gasteiger partial charge in [-0.2, -0.15) is 4.98 Å². The number of nitrogen functional groups attached to an aromatic ring is 1. The predicted molar refractivity (Wildman–Crippen MR) is 111 cm³/mol. The lowest BCUT2D eigenvalue weighted by Gasteiger charge is -2.43. The molecule has 2 amide bonds. The third kappa shape index (κ3) is 3.53. The van der Waals surface area contributed by atoms with Crippen LogP contribution in [-0.2, 0) is 6.54 Å². The fourth-order valence-corrected chi connectivity index (χ4v) is 4.49. The van der Waals surface area contributed by atoms with Crippen LogP contribution in [-0.4, -0.2) is 47.1 Å². The summed E-state index contributed by atoms with van der Waals surface area (Å²) in [5.74, 6) is 0.287. The molecule has 1 aromatic heterocycles. The zero-order chi connectivity index (χ0) is 20.7. The first-order valence-corrected chi connectivity index (χ1v) is 10.0. The summed E-state index contributed by atoms with van der Waals surface area (Å²) < 4.78 is 14.7. The van der Waals surface area contributed by atoms with Crippen LogP contribution in [0.1, 0.15) is 36.8 Å². The number of fused-ring (bicyclic) bond motifs is 1. The van der Waals surface area contributed by atoms with Crippen molar-refractivity contribution in [2.45, 2.75) is 51.2 Å². The highest BCUT2D eigenvalue weighted by Gasteiger charge is 2.40. The van der Waals surface area contributed by atoms with E-state index >= 15 is 0 Å². The smallest absolute Gasteiger partial charge is 0.330 e. The van der Waals surface area contributed by atoms with Gasteiger partial charge in [0.2, 0.25) is 5.95 Å². The van der Waals surface area contributed by atoms with Crippen molar-refractivity contribution in [1.29, 1.82) is 0 Å². The molecule has 4 rings (SSSR count). The van der Waals surface area contributed by atoms with Crippen molar-refractivity contribution in [2.75, 3.05) is 29.6 Å². The van der Waals surface area contributed by atoms with E-state index < -0.39 is 5.82 Å². The maximum absolute atomic E-state index is 14.7. The van der Waals surface area contributed by atoms with Crippen molar-refractivity contribution in [1.82, 2.24) is 14.9 Å². The van der Waals surface area contributed by atoms with Crippen molar-refractivity contribution in [2.24, 2.45) is 0 Å². The van der Waals surface area contributed by atoms with Gasteiger partial charge in [-0.15, -0.1) is 0 Å². The molecule has 1 aliphatic heterocycles. The molecule has 2 heterocycles. The minimum Gasteiger partial charge on any atom is -0.368 e. The highest BCUT2D eigenvalue weighted by Crippen LogP contribution is 2.37. The molecule has 0 radical (unpaired) electrons. The van der Waals surface area contributed by atoms with Gasteiger partial charge in [-0.25, -0.2) is 14.2 Å². The van der Waals surface area contributed by atoms with Gasteiger partial charge < -0.3 is 10.6 Å². The van der Waals surface area contributed by atoms with E-state index in [1.807, 2.05) is 13.0 Å². The molecule has 1 aliphatic carbocycles. The SMILES string of the molecule is Cc1cccc(F)c1N1Cc2cnc(N)nc2N(C2CCC(N(C)C)CC2)C1=O. The van der Waals surface area contributed by atoms with E-state index in [-0.39, 0.29) is 24.6 Å². The number of halogens is 1. The molecule has 29 heavy (non-hydrogen) atoms. The Morgan fingerprint density at radius 3 is 2.59 bits per heavy atom. The maximum atomic E-state index is 14.7. The van der Waals surface area contributed by atoms with Crippen molar-refractivity contribution in [3.63, 3.8) is 0 Å². The molecule has 2 aliphatic rings. The van der Waals surface area contributed by atoms with E-state index in [0.29, 0.717) is 17.5 Å². The second-order valence-corrected chi connectivity index (χ2v) is 8.15. The number of anilines is 3. The number of nitrogens with zero attached hydrogens (tertiary/aromatic N) is 5. The number of benzene rings is 1. The highest BCUT2D eigenvalue weighted by atomic mass is 19.1. The topological polar surface area (TPSA) is 78.6 Å². The summed E-state index contributed by atoms with van der Waals surface area (Å²) in [5.41, 5.74) is 7.64. The van der Waals surface area contributed by atoms with Crippen LogP contribution in [0.15, 0.2) is 24.4 Å². The van der Waals surface area contributed by atoms with Gasteiger partial charge in [0.15, 0.2) is 0 Å². The van der Waals surface area contributed by atoms with Crippen molar-refractivity contribution >= 4 is 23.5 Å². The van der Waals surface area contributed by atoms with E-state index in [0.717, 1.165) is 36.8 Å². The number of rotatable bonds is 3. The lowest BCUT2D eigenvalue weighted by Crippen LogP contribution is -2.54. The Hall–Kier alpha value is -2.74. The molecule has 0 bridgehead atoms. The summed E-state index contributed by atoms with van der Waals surface area (Å²) in [7, 11) is 4.17. The lowest BCUT2D eigenvalue weighted by molar-refractivity contribution is 0.208. The Kier molecular flexibility index (Phi) is 5.12. The van der Waals surface area contributed by atoms with Crippen LogP contribution < -0.4 is 15.5 Å². The maximum Gasteiger partial charge on any atom is 0.330 e. The standard InChI is InChI=1S/C21H27FN6O/c1-13-5-4-6-17(22)18(13)27-12-14-11-24-20(23)25-19(14)28(21(27)29)16-9-7-15(8-10-16)26(2)3/h4-6,11,15-16H,7-10,12H2,1-3H3,(H2,23,24,25). The quantitative estimate of drug-likeness (QED) is 0.858. The number of amides is 2. The summed E-state index contributed by atoms with van der Waals surface area (Å²) in [5, 5.41) is 0. The second kappa shape index (κ2) is 7.59. The van der Waals surface area contributed by atoms with E-state index in [1.165, 1.54) is 11.0 Å². The molecule has 8 heteroatoms. The first-order chi connectivity index (χ1) is 13.9. The Morgan fingerprint density at radius 2 is 1.93 bits per heavy atom. The molecule has 0 atom stereocenters. The molecule has 1 fully saturated rings. The summed E-state index contributed by atoms with van der Waals surface area (Å²) in [4.78, 5) is 27.5. The van der Waals surface area contributed by atoms with E-state index in [4.69, 9.17) is 5.73 Å². The van der Waals surface area contributed by atoms with Gasteiger partial charge in [0.25, 0.3) is 0 Å². The van der Waals surface area contributed by atoms with Gasteiger partial charge in [-0.05, 0) is 58.3 Å². The minimum absolute atomic E-state index is 0.00151. The number of aryl methyl sites for hydroxylation is 1. The van der Waals surface area contributed by atoms with E-state index in [1.54, 1.807) is 17.2 Å². The molecule has 1 saturated carbocycles. The normalized spacial score (nSPS) is 22.2. The predicted octanol–water partition coefficient (Wildman–Crippen LogP) is 3.33. The van der Waals surface area contributed by atoms with E-state index in [2.05, 4.69) is 29.0 Å². The summed E-state index contributed by atoms with van der Waals surface area (Å²) >= 11 is 0. The molecular formula is C21H27FN6O. The van der Waals surface area contributed by atoms with Crippen molar-refractivity contribution < 1.29 is 9.18 Å². The fourth-order valence-electron chi connectivity index (χ4n) is 4.49. The monoisotopic (exact) mass is 398 g/mol. The van der Waals surface area contributed by atoms with Gasteiger partial charge >= 0.3 is 6.03 Å². The lowest BCUT2D eigenvalue weighted by atomic mass is 9.89. The first-order valence-electron chi connectivity index (χ1n) is 10.0. The molecule has 0 spiro atoms. The molecule has 2 aromatic rings. The number of nitrogens with two attached hydrogens (primary N) is 1. The fraction of sp³-hybridized carbons (Fsp3) is 0.476. The van der Waals surface area contributed by atoms with E-state index in [9.17, 15) is 9.18 Å². The van der Waals surface area contributed by atoms with Gasteiger partial charge in [-0.1, -0.05) is 12.1 Å². The second-order valence-electron chi connectivity index (χ2n) is 8.15. The van der Waals surface area contributed by atoms with Crippen molar-refractivity contribution in [3.05, 3.63) is 41.3 Å². The van der Waals surface area contributed by atoms with Gasteiger partial charge in [0, 0.05) is 23.8 Å². The molecule has 0 saturated heterocycles. The number of hydrogen-bond donors (Lipinski definition) is 1. The van der Waals surface area contributed by atoms with Crippen molar-refractivity contribution in [3.8, 4) is 0 Å². The average Bonchev–Trinajstić information content (AvgIpc) is 2.68. The number of carbonyl (C=O) groups is 1. The number of para-hydroxylation sites is 1. The Labute approximate surface area is 170 Å². The zero-order valence-electron chi connectivity index (χ0n) is 17.1. The van der Waals surface area contributed by atoms with Gasteiger partial charge in [0.1, 0.15) is 11.6 Å². The van der Waals surface area contributed by atoms with Crippen LogP contribution in [0.25, 0.3) is 0 Å². The summed E-state index contributed by atoms with van der Waals surface area (Å²) in [6, 6.07) is 5.11. The highest BCUT2D eigenvalue weighted by molar-refractivity contribution is 6.06. The third-order valence-corrected chi connectivity index (χ3v) is 6.07. The first kappa shape index (κ1) is 19.6. The van der Waals surface area contributed by atoms with Crippen LogP contribution in [0.4, 0.5) is 26.6 Å². The summed E-state index contributed by atoms with van der Waals surface area (Å²) in [6.45, 7) is 2.03. The largest absolute Gasteiger partial charge is 0.368 e. The molecule has 154 valence electrons. The minimum atomic E-state index is -0.408. The Balaban J connectivity index is 1.73. The van der Waals surface area contributed by atoms with Crippen LogP contribution >= 0.6 is 0 Å². The van der Waals surface area contributed by atoms with Crippen LogP contribution in [0.3, 0.4) is 0 Å². The molecule has 2 N–H and O–H groups in total. The van der Waals surface area contributed by atoms with Crippen LogP contribution in [0.5, 0.6) is 0 Å². The molecule has 7 nitrogen and oxygen atoms in total. The number of aromatic nitrogens is 2. The van der Waals surface area contributed by atoms with Gasteiger partial charge in [0.05, 0.1) is 12.2 Å². The van der Waals surface area contributed by atoms with Crippen LogP contribution in [0, 0.1) is 12.7 Å². The van der Waals surface area contributed by atoms with Crippen LogP contribution in [0.2, 0.25) is 0 Å². The number of hydrogen-bond acceptors (Lipinski definition) is 5. The molecule has 1 aromatic carbocycles. The number of carbonyl (C=O) groups excluding carboxylic acids is 1. The number of urea groups is 1. The summed E-state index contributed by atoms with van der Waals surface area (Å²) in [6.07, 6.45) is 5.36. The molecular weight excluding hydrogens is 371 g/mol. The Bertz CT molecular complexity index is 905. The Morgan fingerprint density at radius 1 is 1.21 bits per heavy atom. The third-order valence-electron chi connectivity index (χ3n) is 6.07. The zero-order valence-corrected chi connectivity index (χ0v) is 17.1.